The summed E-state index contributed by atoms with van der Waals surface area (Å²) in [6.07, 6.45) is 18.7. The molecule has 0 aromatic carbocycles. The maximum Gasteiger partial charge on any atom is 0.309 e. The molecule has 6 aliphatic carbocycles. The minimum atomic E-state index is -1.10. The number of nitrogens with zero attached hydrogens (tertiary/aromatic N) is 1. The van der Waals surface area contributed by atoms with Gasteiger partial charge in [0.05, 0.1) is 11.8 Å². The summed E-state index contributed by atoms with van der Waals surface area (Å²) in [5.41, 5.74) is 0.397. The molecule has 5 heteroatoms. The fourth-order valence-corrected chi connectivity index (χ4v) is 13.4. The molecule has 6 aliphatic rings. The smallest absolute Gasteiger partial charge is 0.309 e. The second-order valence-corrected chi connectivity index (χ2v) is 19.3. The minimum Gasteiger partial charge on any atom is -0.481 e. The summed E-state index contributed by atoms with van der Waals surface area (Å²) in [6, 6.07) is 0. The highest BCUT2D eigenvalue weighted by Gasteiger charge is 2.70. The van der Waals surface area contributed by atoms with Gasteiger partial charge in [-0.1, -0.05) is 48.0 Å². The SMILES string of the molecule is CCN(CC[C@]12CCC[C@@H]1[C@H]1CCC3[C@@]4(C)CC[C@H](OC(=O)CC(C)(C)C(=O)O)C(C)(C)C4CC[C@@]3(C)[C@]1(C)CC2)CC1CC1. The highest BCUT2D eigenvalue weighted by atomic mass is 16.5. The maximum atomic E-state index is 13.0. The van der Waals surface area contributed by atoms with Gasteiger partial charge < -0.3 is 14.7 Å². The van der Waals surface area contributed by atoms with Crippen LogP contribution < -0.4 is 0 Å². The number of carboxylic acid groups (broad SMARTS) is 1. The number of carbonyl (C=O) groups excluding carboxylic acids is 1. The van der Waals surface area contributed by atoms with E-state index in [2.05, 4.69) is 46.4 Å². The van der Waals surface area contributed by atoms with E-state index in [0.29, 0.717) is 22.2 Å². The van der Waals surface area contributed by atoms with Gasteiger partial charge in [0, 0.05) is 12.0 Å². The zero-order valence-electron chi connectivity index (χ0n) is 30.3. The first-order valence-corrected chi connectivity index (χ1v) is 19.2. The Balaban J connectivity index is 1.18. The number of carbonyl (C=O) groups is 2. The Morgan fingerprint density at radius 2 is 1.56 bits per heavy atom. The van der Waals surface area contributed by atoms with E-state index >= 15 is 0 Å². The average molecular weight is 626 g/mol. The number of fused-ring (bicyclic) bond motifs is 7. The molecule has 6 rings (SSSR count). The van der Waals surface area contributed by atoms with Crippen molar-refractivity contribution in [3.05, 3.63) is 0 Å². The molecule has 0 aromatic rings. The Morgan fingerprint density at radius 1 is 0.822 bits per heavy atom. The lowest BCUT2D eigenvalue weighted by Gasteiger charge is -2.72. The minimum absolute atomic E-state index is 0.0725. The number of ether oxygens (including phenoxy) is 1. The van der Waals surface area contributed by atoms with E-state index in [-0.39, 0.29) is 29.3 Å². The number of hydrogen-bond donors (Lipinski definition) is 1. The molecule has 5 nitrogen and oxygen atoms in total. The van der Waals surface area contributed by atoms with Crippen LogP contribution in [0, 0.1) is 62.1 Å². The Kier molecular flexibility index (Phi) is 8.64. The van der Waals surface area contributed by atoms with Crippen molar-refractivity contribution in [3.8, 4) is 0 Å². The molecule has 256 valence electrons. The van der Waals surface area contributed by atoms with E-state index in [1.54, 1.807) is 13.8 Å². The summed E-state index contributed by atoms with van der Waals surface area (Å²) in [7, 11) is 0. The molecule has 9 atom stereocenters. The van der Waals surface area contributed by atoms with Crippen molar-refractivity contribution in [2.75, 3.05) is 19.6 Å². The van der Waals surface area contributed by atoms with E-state index in [1.165, 1.54) is 96.7 Å². The molecular formula is C40H67NO4. The molecule has 0 saturated heterocycles. The first-order valence-electron chi connectivity index (χ1n) is 19.2. The molecule has 0 radical (unpaired) electrons. The zero-order chi connectivity index (χ0) is 32.6. The third kappa shape index (κ3) is 5.44. The molecule has 0 aliphatic heterocycles. The molecule has 2 unspecified atom stereocenters. The van der Waals surface area contributed by atoms with Gasteiger partial charge in [-0.2, -0.15) is 0 Å². The average Bonchev–Trinajstić information content (AvgIpc) is 3.68. The number of rotatable bonds is 10. The third-order valence-electron chi connectivity index (χ3n) is 16.5. The second kappa shape index (κ2) is 11.5. The quantitative estimate of drug-likeness (QED) is 0.245. The van der Waals surface area contributed by atoms with Crippen molar-refractivity contribution >= 4 is 11.9 Å². The lowest BCUT2D eigenvalue weighted by molar-refractivity contribution is -0.249. The molecule has 1 N–H and O–H groups in total. The summed E-state index contributed by atoms with van der Waals surface area (Å²) in [5, 5.41) is 9.57. The van der Waals surface area contributed by atoms with Crippen molar-refractivity contribution in [2.45, 2.75) is 158 Å². The third-order valence-corrected chi connectivity index (χ3v) is 16.5. The van der Waals surface area contributed by atoms with Gasteiger partial charge in [-0.25, -0.2) is 0 Å². The predicted molar refractivity (Wildman–Crippen MR) is 181 cm³/mol. The van der Waals surface area contributed by atoms with Crippen LogP contribution in [0.4, 0.5) is 0 Å². The van der Waals surface area contributed by atoms with Gasteiger partial charge >= 0.3 is 11.9 Å². The second-order valence-electron chi connectivity index (χ2n) is 19.3. The summed E-state index contributed by atoms with van der Waals surface area (Å²) >= 11 is 0. The van der Waals surface area contributed by atoms with Gasteiger partial charge in [-0.05, 0) is 162 Å². The van der Waals surface area contributed by atoms with Crippen LogP contribution in [-0.4, -0.2) is 47.7 Å². The van der Waals surface area contributed by atoms with Gasteiger partial charge in [0.1, 0.15) is 6.10 Å². The molecule has 6 fully saturated rings. The van der Waals surface area contributed by atoms with E-state index < -0.39 is 11.4 Å². The highest BCUT2D eigenvalue weighted by molar-refractivity contribution is 5.81. The largest absolute Gasteiger partial charge is 0.481 e. The predicted octanol–water partition coefficient (Wildman–Crippen LogP) is 9.38. The van der Waals surface area contributed by atoms with Crippen molar-refractivity contribution in [2.24, 2.45) is 62.1 Å². The van der Waals surface area contributed by atoms with Crippen molar-refractivity contribution < 1.29 is 19.4 Å². The normalized spacial score (nSPS) is 44.0. The zero-order valence-corrected chi connectivity index (χ0v) is 30.3. The molecule has 0 heterocycles. The van der Waals surface area contributed by atoms with Gasteiger partial charge in [0.25, 0.3) is 0 Å². The Hall–Kier alpha value is -1.10. The van der Waals surface area contributed by atoms with Gasteiger partial charge in [0.2, 0.25) is 0 Å². The van der Waals surface area contributed by atoms with E-state index in [9.17, 15) is 14.7 Å². The van der Waals surface area contributed by atoms with Gasteiger partial charge in [-0.3, -0.25) is 9.59 Å². The van der Waals surface area contributed by atoms with Gasteiger partial charge in [-0.15, -0.1) is 0 Å². The monoisotopic (exact) mass is 626 g/mol. The van der Waals surface area contributed by atoms with Crippen LogP contribution in [0.2, 0.25) is 0 Å². The summed E-state index contributed by atoms with van der Waals surface area (Å²) in [4.78, 5) is 27.5. The van der Waals surface area contributed by atoms with Crippen LogP contribution in [0.5, 0.6) is 0 Å². The first-order chi connectivity index (χ1) is 21.0. The topological polar surface area (TPSA) is 66.8 Å². The van der Waals surface area contributed by atoms with Crippen LogP contribution in [0.25, 0.3) is 0 Å². The number of hydrogen-bond acceptors (Lipinski definition) is 4. The van der Waals surface area contributed by atoms with Crippen LogP contribution >= 0.6 is 0 Å². The molecule has 0 aromatic heterocycles. The molecule has 6 saturated carbocycles. The maximum absolute atomic E-state index is 13.0. The fourth-order valence-electron chi connectivity index (χ4n) is 13.4. The summed E-state index contributed by atoms with van der Waals surface area (Å²) < 4.78 is 6.18. The number of aliphatic carboxylic acids is 1. The molecule has 0 bridgehead atoms. The van der Waals surface area contributed by atoms with Crippen molar-refractivity contribution in [1.29, 1.82) is 0 Å². The van der Waals surface area contributed by atoms with Crippen LogP contribution in [0.3, 0.4) is 0 Å². The van der Waals surface area contributed by atoms with Crippen molar-refractivity contribution in [3.63, 3.8) is 0 Å². The Morgan fingerprint density at radius 3 is 2.22 bits per heavy atom. The Bertz CT molecular complexity index is 1140. The number of esters is 1. The van der Waals surface area contributed by atoms with Crippen LogP contribution in [0.15, 0.2) is 0 Å². The van der Waals surface area contributed by atoms with E-state index in [1.807, 2.05) is 0 Å². The molecule has 45 heavy (non-hydrogen) atoms. The molecule has 0 amide bonds. The summed E-state index contributed by atoms with van der Waals surface area (Å²) in [6.45, 7) is 22.3. The van der Waals surface area contributed by atoms with E-state index in [4.69, 9.17) is 4.74 Å². The standard InChI is InChI=1S/C40H67NO4/c1-9-41(26-27-12-13-27)24-23-40-18-10-11-29(40)28-14-15-31-37(6)19-17-32(45-33(42)25-35(2,3)34(43)44)36(4,5)30(37)16-20-39(31,8)38(28,7)21-22-40/h27-32H,9-26H2,1-8H3,(H,43,44)/t28-,29-,30?,31?,32+,37+,38-,39-,40-/m1/s1. The van der Waals surface area contributed by atoms with Crippen LogP contribution in [-0.2, 0) is 14.3 Å². The van der Waals surface area contributed by atoms with E-state index in [0.717, 1.165) is 36.5 Å². The van der Waals surface area contributed by atoms with Crippen molar-refractivity contribution in [1.82, 2.24) is 4.90 Å². The summed E-state index contributed by atoms with van der Waals surface area (Å²) in [5.74, 6) is 2.71. The number of carboxylic acids is 1. The Labute approximate surface area is 275 Å². The molecular weight excluding hydrogens is 558 g/mol. The molecule has 0 spiro atoms. The van der Waals surface area contributed by atoms with Crippen LogP contribution in [0.1, 0.15) is 152 Å². The van der Waals surface area contributed by atoms with Gasteiger partial charge in [0.15, 0.2) is 0 Å². The highest BCUT2D eigenvalue weighted by Crippen LogP contribution is 2.77. The first kappa shape index (κ1) is 33.8. The lowest BCUT2D eigenvalue weighted by Crippen LogP contribution is -2.66. The lowest BCUT2D eigenvalue weighted by atomic mass is 9.32. The fraction of sp³-hybridized carbons (Fsp3) is 0.950.